The number of methoxy groups -OCH3 is 1. The highest BCUT2D eigenvalue weighted by Gasteiger charge is 2.60. The molecule has 1 fully saturated rings. The van der Waals surface area contributed by atoms with E-state index in [1.165, 1.54) is 0 Å². The van der Waals surface area contributed by atoms with Gasteiger partial charge in [-0.1, -0.05) is 68.2 Å². The highest BCUT2D eigenvalue weighted by Crippen LogP contribution is 2.54. The van der Waals surface area contributed by atoms with E-state index in [1.807, 2.05) is 90.1 Å². The van der Waals surface area contributed by atoms with Crippen molar-refractivity contribution in [2.45, 2.75) is 97.2 Å². The largest absolute Gasteiger partial charge is 0.493 e. The molecule has 53 heavy (non-hydrogen) atoms. The Morgan fingerprint density at radius 2 is 1.57 bits per heavy atom. The number of pyridine rings is 1. The Bertz CT molecular complexity index is 1780. The maximum absolute atomic E-state index is 15.3. The molecule has 0 unspecified atom stereocenters. The number of hydrogen-bond donors (Lipinski definition) is 0. The molecule has 3 heterocycles. The molecule has 2 aliphatic heterocycles. The molecule has 1 saturated heterocycles. The van der Waals surface area contributed by atoms with Crippen molar-refractivity contribution in [2.75, 3.05) is 40.0 Å². The van der Waals surface area contributed by atoms with Crippen molar-refractivity contribution in [3.63, 3.8) is 0 Å². The summed E-state index contributed by atoms with van der Waals surface area (Å²) in [5, 5.41) is 1.20. The average molecular weight is 765 g/mol. The molecule has 9 nitrogen and oxygen atoms in total. The molecule has 11 heteroatoms. The molecule has 0 aliphatic carbocycles. The van der Waals surface area contributed by atoms with Crippen LogP contribution >= 0.6 is 23.2 Å². The lowest BCUT2D eigenvalue weighted by Crippen LogP contribution is -2.59. The summed E-state index contributed by atoms with van der Waals surface area (Å²) in [6.07, 6.45) is 3.67. The lowest BCUT2D eigenvalue weighted by Gasteiger charge is -2.47. The molecular weight excluding hydrogens is 709 g/mol. The number of ether oxygens (including phenoxy) is 2. The summed E-state index contributed by atoms with van der Waals surface area (Å²) >= 11 is 12.8. The van der Waals surface area contributed by atoms with Gasteiger partial charge in [-0.2, -0.15) is 0 Å². The van der Waals surface area contributed by atoms with Crippen molar-refractivity contribution in [1.82, 2.24) is 19.7 Å². The second kappa shape index (κ2) is 16.4. The summed E-state index contributed by atoms with van der Waals surface area (Å²) in [5.74, 6) is 1.38. The molecular formula is C42H55Cl2N5O4. The molecule has 0 N–H and O–H groups in total. The summed E-state index contributed by atoms with van der Waals surface area (Å²) in [5.41, 5.74) is 1.03. The Hall–Kier alpha value is -3.66. The summed E-state index contributed by atoms with van der Waals surface area (Å²) < 4.78 is 11.6. The smallest absolute Gasteiger partial charge is 0.326 e. The second-order valence-corrected chi connectivity index (χ2v) is 16.6. The first-order valence-corrected chi connectivity index (χ1v) is 19.4. The molecule has 0 spiro atoms. The number of rotatable bonds is 11. The van der Waals surface area contributed by atoms with Crippen LogP contribution in [0.15, 0.2) is 65.8 Å². The molecule has 3 amide bonds. The number of amidine groups is 1. The van der Waals surface area contributed by atoms with Crippen LogP contribution in [0.4, 0.5) is 4.79 Å². The monoisotopic (exact) mass is 763 g/mol. The summed E-state index contributed by atoms with van der Waals surface area (Å²) in [6.45, 7) is 19.0. The van der Waals surface area contributed by atoms with Gasteiger partial charge in [0.25, 0.3) is 0 Å². The first kappa shape index (κ1) is 40.5. The van der Waals surface area contributed by atoms with Gasteiger partial charge in [0.2, 0.25) is 5.91 Å². The molecule has 2 atom stereocenters. The third-order valence-corrected chi connectivity index (χ3v) is 11.4. The maximum atomic E-state index is 15.3. The van der Waals surface area contributed by atoms with Gasteiger partial charge in [-0.15, -0.1) is 0 Å². The Morgan fingerprint density at radius 3 is 2.09 bits per heavy atom. The minimum Gasteiger partial charge on any atom is -0.493 e. The van der Waals surface area contributed by atoms with E-state index >= 15 is 4.79 Å². The normalized spacial score (nSPS) is 20.9. The fourth-order valence-corrected chi connectivity index (χ4v) is 7.80. The number of benzene rings is 2. The van der Waals surface area contributed by atoms with Crippen LogP contribution in [0.2, 0.25) is 10.0 Å². The Kier molecular flexibility index (Phi) is 12.5. The minimum atomic E-state index is -1.03. The number of aliphatic imine (C=N–C) groups is 1. The van der Waals surface area contributed by atoms with Gasteiger partial charge in [-0.25, -0.2) is 4.79 Å². The lowest BCUT2D eigenvalue weighted by atomic mass is 9.71. The Balaban J connectivity index is 1.60. The van der Waals surface area contributed by atoms with E-state index in [4.69, 9.17) is 42.7 Å². The number of urea groups is 1. The minimum absolute atomic E-state index is 0.0845. The standard InChI is InChI=1S/C42H55Cl2N5O4/c1-10-53-35-26-36(40(4,5)6)45-27-34(35)38-46-41(7,30-11-15-32(43)16-12-30)42(8,31-13-17-33(44)18-14-31)49(38)39(51)47-21-19-29(20-22-47)25-37(50)48(28(2)3)23-24-52-9/h11-18,26-29H,10,19-25H2,1-9H3/t41-,42+/m0/s1. The molecule has 5 rings (SSSR count). The van der Waals surface area contributed by atoms with E-state index in [0.29, 0.717) is 79.3 Å². The van der Waals surface area contributed by atoms with Gasteiger partial charge in [0.1, 0.15) is 22.7 Å². The number of amides is 3. The predicted octanol–water partition coefficient (Wildman–Crippen LogP) is 9.08. The first-order valence-electron chi connectivity index (χ1n) is 18.7. The van der Waals surface area contributed by atoms with Crippen molar-refractivity contribution in [3.8, 4) is 5.75 Å². The summed E-state index contributed by atoms with van der Waals surface area (Å²) in [4.78, 5) is 44.8. The third kappa shape index (κ3) is 8.23. The molecule has 3 aromatic rings. The number of likely N-dealkylation sites (tertiary alicyclic amines) is 1. The van der Waals surface area contributed by atoms with Gasteiger partial charge in [0, 0.05) is 72.6 Å². The van der Waals surface area contributed by atoms with Crippen LogP contribution in [0.3, 0.4) is 0 Å². The molecule has 1 aromatic heterocycles. The Morgan fingerprint density at radius 1 is 0.981 bits per heavy atom. The quantitative estimate of drug-likeness (QED) is 0.195. The van der Waals surface area contributed by atoms with Crippen LogP contribution in [0.25, 0.3) is 0 Å². The third-order valence-electron chi connectivity index (χ3n) is 10.9. The first-order chi connectivity index (χ1) is 25.0. The van der Waals surface area contributed by atoms with E-state index in [-0.39, 0.29) is 29.3 Å². The molecule has 2 aliphatic rings. The van der Waals surface area contributed by atoms with E-state index < -0.39 is 11.1 Å². The molecule has 0 radical (unpaired) electrons. The zero-order chi connectivity index (χ0) is 38.7. The van der Waals surface area contributed by atoms with Crippen molar-refractivity contribution in [1.29, 1.82) is 0 Å². The number of hydrogen-bond acceptors (Lipinski definition) is 6. The Labute approximate surface area is 325 Å². The van der Waals surface area contributed by atoms with Gasteiger partial charge in [0.05, 0.1) is 18.8 Å². The van der Waals surface area contributed by atoms with E-state index in [1.54, 1.807) is 13.3 Å². The van der Waals surface area contributed by atoms with Crippen LogP contribution < -0.4 is 4.74 Å². The van der Waals surface area contributed by atoms with Crippen molar-refractivity contribution < 1.29 is 19.1 Å². The van der Waals surface area contributed by atoms with E-state index in [2.05, 4.69) is 34.6 Å². The van der Waals surface area contributed by atoms with Crippen LogP contribution in [-0.2, 0) is 26.0 Å². The number of carbonyl (C=O) groups is 2. The average Bonchev–Trinajstić information content (AvgIpc) is 3.36. The second-order valence-electron chi connectivity index (χ2n) is 15.8. The fraction of sp³-hybridized carbons (Fsp3) is 0.524. The SMILES string of the molecule is CCOc1cc(C(C)(C)C)ncc1C1=N[C@@](C)(c2ccc(Cl)cc2)[C@@](C)(c2ccc(Cl)cc2)N1C(=O)N1CCC(CC(=O)N(CCOC)C(C)C)CC1. The number of nitrogens with zero attached hydrogens (tertiary/aromatic N) is 5. The topological polar surface area (TPSA) is 87.6 Å². The van der Waals surface area contributed by atoms with Crippen LogP contribution in [0, 0.1) is 5.92 Å². The van der Waals surface area contributed by atoms with Gasteiger partial charge in [-0.3, -0.25) is 19.7 Å². The van der Waals surface area contributed by atoms with Crippen LogP contribution in [0.1, 0.15) is 97.0 Å². The van der Waals surface area contributed by atoms with E-state index in [0.717, 1.165) is 16.8 Å². The number of carbonyl (C=O) groups excluding carboxylic acids is 2. The van der Waals surface area contributed by atoms with Gasteiger partial charge in [0.15, 0.2) is 0 Å². The van der Waals surface area contributed by atoms with Crippen molar-refractivity contribution in [2.24, 2.45) is 10.9 Å². The van der Waals surface area contributed by atoms with Gasteiger partial charge in [-0.05, 0) is 88.8 Å². The number of halogens is 2. The number of piperidine rings is 1. The van der Waals surface area contributed by atoms with Gasteiger partial charge >= 0.3 is 6.03 Å². The van der Waals surface area contributed by atoms with E-state index in [9.17, 15) is 4.79 Å². The highest BCUT2D eigenvalue weighted by molar-refractivity contribution is 6.30. The highest BCUT2D eigenvalue weighted by atomic mass is 35.5. The molecule has 286 valence electrons. The zero-order valence-electron chi connectivity index (χ0n) is 32.7. The predicted molar refractivity (Wildman–Crippen MR) is 213 cm³/mol. The van der Waals surface area contributed by atoms with Crippen molar-refractivity contribution in [3.05, 3.63) is 93.2 Å². The maximum Gasteiger partial charge on any atom is 0.326 e. The molecule has 0 saturated carbocycles. The lowest BCUT2D eigenvalue weighted by molar-refractivity contribution is -0.134. The molecule has 2 aromatic carbocycles. The zero-order valence-corrected chi connectivity index (χ0v) is 34.2. The van der Waals surface area contributed by atoms with Crippen molar-refractivity contribution >= 4 is 41.0 Å². The number of aromatic nitrogens is 1. The molecule has 0 bridgehead atoms. The van der Waals surface area contributed by atoms with Gasteiger partial charge < -0.3 is 19.3 Å². The summed E-state index contributed by atoms with van der Waals surface area (Å²) in [7, 11) is 1.65. The van der Waals surface area contributed by atoms with Crippen LogP contribution in [0.5, 0.6) is 5.75 Å². The fourth-order valence-electron chi connectivity index (χ4n) is 7.55. The summed E-state index contributed by atoms with van der Waals surface area (Å²) in [6, 6.07) is 17.2. The van der Waals surface area contributed by atoms with Crippen LogP contribution in [-0.4, -0.2) is 83.5 Å².